The number of carbonyl (C=O) groups is 1. The lowest BCUT2D eigenvalue weighted by Crippen LogP contribution is -2.13. The van der Waals surface area contributed by atoms with E-state index >= 15 is 0 Å². The molecule has 0 spiro atoms. The smallest absolute Gasteiger partial charge is 0.312 e. The fourth-order valence-corrected chi connectivity index (χ4v) is 2.96. The summed E-state index contributed by atoms with van der Waals surface area (Å²) in [5, 5.41) is 23.0. The van der Waals surface area contributed by atoms with Gasteiger partial charge < -0.3 is 10.1 Å². The van der Waals surface area contributed by atoms with Gasteiger partial charge in [-0.15, -0.1) is 0 Å². The van der Waals surface area contributed by atoms with Crippen molar-refractivity contribution in [3.63, 3.8) is 0 Å². The highest BCUT2D eigenvalue weighted by Gasteiger charge is 2.20. The van der Waals surface area contributed by atoms with Crippen LogP contribution < -0.4 is 10.1 Å². The molecule has 1 amide bonds. The number of benzene rings is 2. The fourth-order valence-electron chi connectivity index (χ4n) is 2.07. The lowest BCUT2D eigenvalue weighted by molar-refractivity contribution is -0.385. The first-order valence-corrected chi connectivity index (χ1v) is 8.65. The van der Waals surface area contributed by atoms with E-state index in [2.05, 4.69) is 37.2 Å². The van der Waals surface area contributed by atoms with Crippen molar-refractivity contribution >= 4 is 55.2 Å². The van der Waals surface area contributed by atoms with Crippen LogP contribution in [0.2, 0.25) is 0 Å². The summed E-state index contributed by atoms with van der Waals surface area (Å²) in [5.41, 5.74) is 0.353. The number of halogens is 2. The van der Waals surface area contributed by atoms with Gasteiger partial charge in [0.2, 0.25) is 5.75 Å². The average Bonchev–Trinajstić information content (AvgIpc) is 2.60. The lowest BCUT2D eigenvalue weighted by Gasteiger charge is -2.07. The molecule has 0 aliphatic rings. The number of nitro groups is 1. The van der Waals surface area contributed by atoms with E-state index in [1.807, 2.05) is 0 Å². The minimum absolute atomic E-state index is 0.0602. The number of nitro benzene ring substituents is 1. The van der Waals surface area contributed by atoms with Crippen molar-refractivity contribution in [3.05, 3.63) is 66.6 Å². The number of nitriles is 1. The lowest BCUT2D eigenvalue weighted by atomic mass is 10.1. The van der Waals surface area contributed by atoms with Crippen LogP contribution in [0.3, 0.4) is 0 Å². The van der Waals surface area contributed by atoms with Crippen LogP contribution in [0.1, 0.15) is 5.56 Å². The second-order valence-corrected chi connectivity index (χ2v) is 6.71. The summed E-state index contributed by atoms with van der Waals surface area (Å²) < 4.78 is 6.19. The number of rotatable bonds is 5. The monoisotopic (exact) mass is 479 g/mol. The molecule has 9 heteroatoms. The Morgan fingerprint density at radius 1 is 1.31 bits per heavy atom. The molecule has 0 bridgehead atoms. The van der Waals surface area contributed by atoms with E-state index in [9.17, 15) is 20.2 Å². The Morgan fingerprint density at radius 3 is 2.50 bits per heavy atom. The topological polar surface area (TPSA) is 105 Å². The van der Waals surface area contributed by atoms with Crippen molar-refractivity contribution < 1.29 is 14.5 Å². The number of hydrogen-bond donors (Lipinski definition) is 1. The van der Waals surface area contributed by atoms with Gasteiger partial charge in [-0.2, -0.15) is 5.26 Å². The van der Waals surface area contributed by atoms with Gasteiger partial charge >= 0.3 is 5.69 Å². The number of hydrogen-bond acceptors (Lipinski definition) is 5. The first-order valence-electron chi connectivity index (χ1n) is 7.06. The molecule has 0 unspecified atom stereocenters. The third-order valence-corrected chi connectivity index (χ3v) is 4.34. The van der Waals surface area contributed by atoms with Crippen LogP contribution in [0.25, 0.3) is 6.08 Å². The largest absolute Gasteiger partial charge is 0.489 e. The Balaban J connectivity index is 2.36. The highest BCUT2D eigenvalue weighted by molar-refractivity contribution is 9.10. The van der Waals surface area contributed by atoms with E-state index in [0.717, 1.165) is 4.47 Å². The summed E-state index contributed by atoms with van der Waals surface area (Å²) >= 11 is 6.48. The third-order valence-electron chi connectivity index (χ3n) is 3.23. The third kappa shape index (κ3) is 4.68. The van der Waals surface area contributed by atoms with Crippen molar-refractivity contribution in [2.45, 2.75) is 0 Å². The van der Waals surface area contributed by atoms with Gasteiger partial charge in [-0.3, -0.25) is 14.9 Å². The van der Waals surface area contributed by atoms with Crippen LogP contribution in [-0.2, 0) is 4.79 Å². The average molecular weight is 481 g/mol. The minimum atomic E-state index is -0.621. The number of carbonyl (C=O) groups excluding carboxylic acids is 1. The zero-order chi connectivity index (χ0) is 19.3. The number of methoxy groups -OCH3 is 1. The first-order chi connectivity index (χ1) is 12.3. The molecule has 0 radical (unpaired) electrons. The molecule has 2 rings (SSSR count). The molecule has 26 heavy (non-hydrogen) atoms. The molecule has 0 fully saturated rings. The summed E-state index contributed by atoms with van der Waals surface area (Å²) in [5.74, 6) is -0.561. The van der Waals surface area contributed by atoms with Crippen molar-refractivity contribution in [3.8, 4) is 11.8 Å². The Kier molecular flexibility index (Phi) is 6.49. The quantitative estimate of drug-likeness (QED) is 0.289. The standard InChI is InChI=1S/C17H11Br2N3O4/c1-26-16-14(19)7-10(8-15(16)22(24)25)6-11(9-20)17(23)21-13-4-2-12(18)3-5-13/h2-8H,1H3,(H,21,23)/b11-6-. The predicted molar refractivity (Wildman–Crippen MR) is 104 cm³/mol. The molecule has 0 saturated carbocycles. The molecule has 132 valence electrons. The molecule has 0 heterocycles. The molecule has 0 aliphatic carbocycles. The normalized spacial score (nSPS) is 10.8. The molecule has 2 aromatic rings. The van der Waals surface area contributed by atoms with E-state index in [0.29, 0.717) is 15.7 Å². The molecule has 2 aromatic carbocycles. The van der Waals surface area contributed by atoms with Crippen molar-refractivity contribution in [2.75, 3.05) is 12.4 Å². The summed E-state index contributed by atoms with van der Waals surface area (Å²) in [6.45, 7) is 0. The van der Waals surface area contributed by atoms with Crippen LogP contribution in [-0.4, -0.2) is 17.9 Å². The Labute approximate surface area is 165 Å². The maximum Gasteiger partial charge on any atom is 0.312 e. The highest BCUT2D eigenvalue weighted by atomic mass is 79.9. The van der Waals surface area contributed by atoms with Crippen molar-refractivity contribution in [1.29, 1.82) is 5.26 Å². The van der Waals surface area contributed by atoms with E-state index in [4.69, 9.17) is 4.74 Å². The van der Waals surface area contributed by atoms with E-state index in [1.54, 1.807) is 30.3 Å². The number of anilines is 1. The molecule has 0 aliphatic heterocycles. The highest BCUT2D eigenvalue weighted by Crippen LogP contribution is 2.36. The first kappa shape index (κ1) is 19.6. The summed E-state index contributed by atoms with van der Waals surface area (Å²) in [4.78, 5) is 22.9. The van der Waals surface area contributed by atoms with Gasteiger partial charge in [0.15, 0.2) is 0 Å². The van der Waals surface area contributed by atoms with Gasteiger partial charge in [0.05, 0.1) is 16.5 Å². The van der Waals surface area contributed by atoms with Gasteiger partial charge in [-0.05, 0) is 57.9 Å². The molecular weight excluding hydrogens is 470 g/mol. The van der Waals surface area contributed by atoms with E-state index in [1.165, 1.54) is 25.3 Å². The summed E-state index contributed by atoms with van der Waals surface area (Å²) in [6.07, 6.45) is 1.27. The fraction of sp³-hybridized carbons (Fsp3) is 0.0588. The molecule has 0 saturated heterocycles. The van der Waals surface area contributed by atoms with Crippen LogP contribution in [0.5, 0.6) is 5.75 Å². The number of nitrogens with zero attached hydrogens (tertiary/aromatic N) is 2. The predicted octanol–water partition coefficient (Wildman–Crippen LogP) is 4.67. The maximum absolute atomic E-state index is 12.3. The van der Waals surface area contributed by atoms with Gasteiger partial charge in [-0.25, -0.2) is 0 Å². The summed E-state index contributed by atoms with van der Waals surface area (Å²) in [7, 11) is 1.31. The number of nitrogens with one attached hydrogen (secondary N) is 1. The SMILES string of the molecule is COc1c(Br)cc(/C=C(/C#N)C(=O)Nc2ccc(Br)cc2)cc1[N+](=O)[O-]. The second-order valence-electron chi connectivity index (χ2n) is 4.94. The minimum Gasteiger partial charge on any atom is -0.489 e. The van der Waals surface area contributed by atoms with Crippen LogP contribution in [0.15, 0.2) is 50.9 Å². The zero-order valence-corrected chi connectivity index (χ0v) is 16.5. The van der Waals surface area contributed by atoms with Crippen LogP contribution in [0.4, 0.5) is 11.4 Å². The van der Waals surface area contributed by atoms with Crippen molar-refractivity contribution in [1.82, 2.24) is 0 Å². The molecule has 0 aromatic heterocycles. The van der Waals surface area contributed by atoms with Crippen LogP contribution in [0, 0.1) is 21.4 Å². The molecule has 7 nitrogen and oxygen atoms in total. The van der Waals surface area contributed by atoms with Crippen molar-refractivity contribution in [2.24, 2.45) is 0 Å². The Bertz CT molecular complexity index is 934. The van der Waals surface area contributed by atoms with Gasteiger partial charge in [-0.1, -0.05) is 15.9 Å². The van der Waals surface area contributed by atoms with E-state index < -0.39 is 10.8 Å². The molecule has 1 N–H and O–H groups in total. The second kappa shape index (κ2) is 8.60. The maximum atomic E-state index is 12.3. The van der Waals surface area contributed by atoms with Gasteiger partial charge in [0.25, 0.3) is 5.91 Å². The molecular formula is C17H11Br2N3O4. The van der Waals surface area contributed by atoms with Gasteiger partial charge in [0.1, 0.15) is 11.6 Å². The Hall–Kier alpha value is -2.70. The van der Waals surface area contributed by atoms with Crippen LogP contribution >= 0.6 is 31.9 Å². The van der Waals surface area contributed by atoms with Gasteiger partial charge in [0, 0.05) is 16.2 Å². The number of amides is 1. The van der Waals surface area contributed by atoms with E-state index in [-0.39, 0.29) is 17.0 Å². The summed E-state index contributed by atoms with van der Waals surface area (Å²) in [6, 6.07) is 11.4. The zero-order valence-electron chi connectivity index (χ0n) is 13.3. The molecule has 0 atom stereocenters. The Morgan fingerprint density at radius 2 is 1.96 bits per heavy atom. The number of ether oxygens (including phenoxy) is 1.